The van der Waals surface area contributed by atoms with Crippen molar-refractivity contribution in [2.75, 3.05) is 47.7 Å². The van der Waals surface area contributed by atoms with Crippen molar-refractivity contribution < 1.29 is 62.2 Å². The zero-order chi connectivity index (χ0) is 52.4. The van der Waals surface area contributed by atoms with Gasteiger partial charge in [0.25, 0.3) is 17.4 Å². The van der Waals surface area contributed by atoms with Crippen molar-refractivity contribution in [3.8, 4) is 0 Å². The molecule has 1 aliphatic carbocycles. The minimum absolute atomic E-state index is 0.00833. The molecule has 16 heteroatoms. The highest BCUT2D eigenvalue weighted by Gasteiger charge is 2.56. The summed E-state index contributed by atoms with van der Waals surface area (Å²) < 4.78 is 41.6. The molecule has 2 bridgehead atoms. The molecule has 16 nitrogen and oxygen atoms in total. The van der Waals surface area contributed by atoms with E-state index in [1.807, 2.05) is 65.0 Å². The third-order valence-electron chi connectivity index (χ3n) is 15.4. The van der Waals surface area contributed by atoms with Crippen LogP contribution >= 0.6 is 0 Å². The number of rotatable bonds is 12. The molecule has 0 spiro atoms. The number of hydrogen-bond donors (Lipinski definition) is 1. The van der Waals surface area contributed by atoms with Crippen LogP contribution in [0.1, 0.15) is 132 Å². The highest BCUT2D eigenvalue weighted by molar-refractivity contribution is 6.39. The minimum Gasteiger partial charge on any atom is -0.460 e. The molecule has 1 amide bonds. The van der Waals surface area contributed by atoms with Crippen LogP contribution in [-0.4, -0.2) is 141 Å². The Kier molecular flexibility index (Phi) is 24.6. The number of hydrogen-bond acceptors (Lipinski definition) is 15. The largest absolute Gasteiger partial charge is 0.460 e. The molecule has 3 aliphatic heterocycles. The van der Waals surface area contributed by atoms with Gasteiger partial charge in [-0.05, 0) is 119 Å². The van der Waals surface area contributed by atoms with Crippen molar-refractivity contribution in [1.29, 1.82) is 0 Å². The third kappa shape index (κ3) is 16.4. The molecule has 7 unspecified atom stereocenters. The van der Waals surface area contributed by atoms with Gasteiger partial charge in [0.2, 0.25) is 0 Å². The van der Waals surface area contributed by atoms with Gasteiger partial charge in [0.15, 0.2) is 5.78 Å². The van der Waals surface area contributed by atoms with E-state index in [9.17, 15) is 34.0 Å². The van der Waals surface area contributed by atoms with Crippen LogP contribution in [0.3, 0.4) is 0 Å². The second-order valence-corrected chi connectivity index (χ2v) is 20.7. The van der Waals surface area contributed by atoms with Crippen molar-refractivity contribution in [3.63, 3.8) is 0 Å². The zero-order valence-corrected chi connectivity index (χ0v) is 44.5. The van der Waals surface area contributed by atoms with Gasteiger partial charge in [-0.15, -0.1) is 4.91 Å². The monoisotopic (exact) mass is 999 g/mol. The number of amides is 1. The summed E-state index contributed by atoms with van der Waals surface area (Å²) in [5.74, 6) is -5.55. The normalized spacial score (nSPS) is 37.9. The van der Waals surface area contributed by atoms with E-state index in [4.69, 9.17) is 33.2 Å². The Labute approximate surface area is 423 Å². The van der Waals surface area contributed by atoms with Gasteiger partial charge < -0.3 is 43.2 Å². The summed E-state index contributed by atoms with van der Waals surface area (Å²) in [5, 5.41) is 14.8. The van der Waals surface area contributed by atoms with Gasteiger partial charge in [0.1, 0.15) is 30.1 Å². The van der Waals surface area contributed by atoms with E-state index >= 15 is 0 Å². The first kappa shape index (κ1) is 59.8. The fourth-order valence-corrected chi connectivity index (χ4v) is 10.8. The number of aliphatic hydroxyl groups is 1. The predicted molar refractivity (Wildman–Crippen MR) is 269 cm³/mol. The number of piperidine rings is 1. The molecule has 4 aliphatic rings. The number of esters is 1. The summed E-state index contributed by atoms with van der Waals surface area (Å²) in [4.78, 5) is 85.6. The van der Waals surface area contributed by atoms with E-state index in [0.29, 0.717) is 70.3 Å². The molecule has 1 saturated carbocycles. The van der Waals surface area contributed by atoms with E-state index < -0.39 is 77.7 Å². The molecule has 0 aromatic rings. The highest BCUT2D eigenvalue weighted by atomic mass is 16.6. The van der Waals surface area contributed by atoms with Crippen LogP contribution in [0.5, 0.6) is 0 Å². The summed E-state index contributed by atoms with van der Waals surface area (Å²) in [6.45, 7) is 16.2. The van der Waals surface area contributed by atoms with Crippen molar-refractivity contribution >= 4 is 29.2 Å². The lowest BCUT2D eigenvalue weighted by molar-refractivity contribution is -0.187. The lowest BCUT2D eigenvalue weighted by Gasteiger charge is -2.42. The molecule has 3 fully saturated rings. The van der Waals surface area contributed by atoms with E-state index in [-0.39, 0.29) is 67.3 Å². The average Bonchev–Trinajstić information content (AvgIpc) is 3.36. The maximum Gasteiger partial charge on any atom is 0.329 e. The van der Waals surface area contributed by atoms with Crippen molar-refractivity contribution in [2.24, 2.45) is 40.7 Å². The first-order chi connectivity index (χ1) is 33.8. The Morgan fingerprint density at radius 2 is 1.61 bits per heavy atom. The summed E-state index contributed by atoms with van der Waals surface area (Å²) >= 11 is 0. The Bertz CT molecular complexity index is 1900. The number of ether oxygens (including phenoxy) is 7. The van der Waals surface area contributed by atoms with Crippen LogP contribution < -0.4 is 0 Å². The molecule has 4 rings (SSSR count). The van der Waals surface area contributed by atoms with Gasteiger partial charge in [0.05, 0.1) is 37.6 Å². The fourth-order valence-electron chi connectivity index (χ4n) is 10.8. The van der Waals surface area contributed by atoms with Gasteiger partial charge in [-0.2, -0.15) is 0 Å². The molecular weight excluding hydrogens is 913 g/mol. The first-order valence-electron chi connectivity index (χ1n) is 26.2. The van der Waals surface area contributed by atoms with Crippen LogP contribution in [0.15, 0.2) is 52.8 Å². The lowest BCUT2D eigenvalue weighted by Crippen LogP contribution is -2.60. The number of ketones is 3. The van der Waals surface area contributed by atoms with E-state index in [1.165, 1.54) is 12.0 Å². The molecule has 0 aromatic carbocycles. The summed E-state index contributed by atoms with van der Waals surface area (Å²) in [7, 11) is 4.62. The number of Topliss-reactive ketones (excluding diaryl/α,β-unsaturated/α-hetero) is 3. The van der Waals surface area contributed by atoms with E-state index in [1.54, 1.807) is 41.1 Å². The zero-order valence-electron chi connectivity index (χ0n) is 44.5. The fraction of sp³-hybridized carbons (Fsp3) is 0.764. The summed E-state index contributed by atoms with van der Waals surface area (Å²) in [6, 6.07) is -1.17. The minimum atomic E-state index is -2.32. The number of methoxy groups -OCH3 is 3. The molecule has 1 N–H and O–H groups in total. The second kappa shape index (κ2) is 29.2. The quantitative estimate of drug-likeness (QED) is 0.0647. The topological polar surface area (TPSA) is 203 Å². The van der Waals surface area contributed by atoms with E-state index in [0.717, 1.165) is 18.4 Å². The Morgan fingerprint density at radius 1 is 0.859 bits per heavy atom. The maximum absolute atomic E-state index is 14.6. The second-order valence-electron chi connectivity index (χ2n) is 20.7. The number of nitroso groups, excluding NO2 is 1. The first-order valence-corrected chi connectivity index (χ1v) is 26.2. The smallest absolute Gasteiger partial charge is 0.329 e. The summed E-state index contributed by atoms with van der Waals surface area (Å²) in [6.07, 6.45) is 12.0. The van der Waals surface area contributed by atoms with Gasteiger partial charge in [-0.1, -0.05) is 71.1 Å². The van der Waals surface area contributed by atoms with Crippen molar-refractivity contribution in [1.82, 2.24) is 4.90 Å². The van der Waals surface area contributed by atoms with Crippen LogP contribution in [0.2, 0.25) is 0 Å². The standard InChI is InChI=1S/C55H86N2O14/c1-12-68-26-27-69-45-24-22-41(31-48(45)66-10)30-37(5)47-33-44(58)36(4)29-39(7)50(60)51(67-11)49(59)38(6)28-34(2)18-14-13-15-19-35(3)46(65-9)32-42-23-21-40(8)55(56-64,71-42)52(61)53(62)57-25-17-16-20-43(57)54(63)70-47/h13-15,18-19,29,34,36-38,40-43,45-48,50-51,60H,12,16-17,20-28,30-33H2,1-11H3/b15-13+,18-14+,35-19+,39-29+/t34-,36-,37?,38-,40-,41+,42?,43+,45?,46?,47?,48?,50-,51?,55-/m1/s1. The molecule has 2 saturated heterocycles. The van der Waals surface area contributed by atoms with Crippen molar-refractivity contribution in [2.45, 2.75) is 187 Å². The number of fused-ring (bicyclic) bond motifs is 3. The molecule has 3 heterocycles. The SMILES string of the molecule is CCOCCOC1CC[C@@H](CC(C)C2CC(=O)[C@H](C)/C=C(\C)[C@@H](O)C(OC)C(=O)[C@H](C)C[C@H](C)/C=C/C=C/C=C(\C)C(OC)CC3CC[C@@H](C)[C@@](N=O)(O3)C(=O)C(=O)N3CCCC[C@H]3C(=O)O2)CC1OC. The van der Waals surface area contributed by atoms with Crippen LogP contribution in [-0.2, 0) is 57.1 Å². The van der Waals surface area contributed by atoms with E-state index in [2.05, 4.69) is 5.18 Å². The number of carbonyl (C=O) groups is 5. The van der Waals surface area contributed by atoms with Gasteiger partial charge >= 0.3 is 5.97 Å². The molecular formula is C55H86N2O14. The van der Waals surface area contributed by atoms with Crippen molar-refractivity contribution in [3.05, 3.63) is 52.5 Å². The van der Waals surface area contributed by atoms with Gasteiger partial charge in [-0.25, -0.2) is 4.79 Å². The highest BCUT2D eigenvalue weighted by Crippen LogP contribution is 2.40. The molecule has 15 atom stereocenters. The molecule has 400 valence electrons. The van der Waals surface area contributed by atoms with Crippen LogP contribution in [0.25, 0.3) is 0 Å². The Hall–Kier alpha value is -3.77. The molecule has 0 radical (unpaired) electrons. The number of nitrogens with zero attached hydrogens (tertiary/aromatic N) is 2. The Balaban J connectivity index is 1.70. The molecule has 0 aromatic heterocycles. The maximum atomic E-state index is 14.6. The summed E-state index contributed by atoms with van der Waals surface area (Å²) in [5.41, 5.74) is -1.07. The number of carbonyl (C=O) groups excluding carboxylic acids is 5. The van der Waals surface area contributed by atoms with Crippen LogP contribution in [0, 0.1) is 40.4 Å². The Morgan fingerprint density at radius 3 is 2.28 bits per heavy atom. The number of cyclic esters (lactones) is 1. The number of aliphatic hydroxyl groups excluding tert-OH is 1. The molecule has 71 heavy (non-hydrogen) atoms. The average molecular weight is 999 g/mol. The number of allylic oxidation sites excluding steroid dienone is 6. The predicted octanol–water partition coefficient (Wildman–Crippen LogP) is 8.02. The lowest BCUT2D eigenvalue weighted by atomic mass is 9.78. The van der Waals surface area contributed by atoms with Gasteiger partial charge in [-0.3, -0.25) is 19.2 Å². The van der Waals surface area contributed by atoms with Gasteiger partial charge in [0, 0.05) is 65.1 Å². The third-order valence-corrected chi connectivity index (χ3v) is 15.4. The van der Waals surface area contributed by atoms with Crippen LogP contribution in [0.4, 0.5) is 0 Å².